The van der Waals surface area contributed by atoms with Gasteiger partial charge in [0.2, 0.25) is 0 Å². The minimum Gasteiger partial charge on any atom is -0.312 e. The van der Waals surface area contributed by atoms with Crippen molar-refractivity contribution in [3.63, 3.8) is 0 Å². The van der Waals surface area contributed by atoms with Crippen molar-refractivity contribution in [1.29, 1.82) is 0 Å². The standard InChI is InChI=1S/C13H23N3S/c1-13(2)5-4-6-14-12(13)8-16(3)7-11-9-17-10-15-11/h9-10,12,14H,4-8H2,1-3H3. The third-order valence-corrected chi connectivity index (χ3v) is 4.38. The molecule has 1 atom stereocenters. The number of rotatable bonds is 4. The highest BCUT2D eigenvalue weighted by molar-refractivity contribution is 7.07. The number of thiazole rings is 1. The van der Waals surface area contributed by atoms with E-state index in [2.05, 4.69) is 41.5 Å². The van der Waals surface area contributed by atoms with E-state index in [0.29, 0.717) is 11.5 Å². The van der Waals surface area contributed by atoms with E-state index in [1.165, 1.54) is 25.1 Å². The Morgan fingerprint density at radius 1 is 1.59 bits per heavy atom. The van der Waals surface area contributed by atoms with Gasteiger partial charge in [0.1, 0.15) is 0 Å². The van der Waals surface area contributed by atoms with Crippen molar-refractivity contribution < 1.29 is 0 Å². The zero-order valence-corrected chi connectivity index (χ0v) is 11.9. The fourth-order valence-electron chi connectivity index (χ4n) is 2.55. The molecule has 1 aliphatic heterocycles. The molecule has 4 heteroatoms. The maximum absolute atomic E-state index is 4.34. The highest BCUT2D eigenvalue weighted by Crippen LogP contribution is 2.30. The fraction of sp³-hybridized carbons (Fsp3) is 0.769. The number of hydrogen-bond donors (Lipinski definition) is 1. The van der Waals surface area contributed by atoms with Crippen LogP contribution >= 0.6 is 11.3 Å². The topological polar surface area (TPSA) is 28.2 Å². The van der Waals surface area contributed by atoms with Gasteiger partial charge in [-0.15, -0.1) is 11.3 Å². The lowest BCUT2D eigenvalue weighted by Gasteiger charge is -2.41. The summed E-state index contributed by atoms with van der Waals surface area (Å²) in [4.78, 5) is 6.72. The van der Waals surface area contributed by atoms with E-state index < -0.39 is 0 Å². The third-order valence-electron chi connectivity index (χ3n) is 3.74. The van der Waals surface area contributed by atoms with Gasteiger partial charge in [-0.25, -0.2) is 4.98 Å². The normalized spacial score (nSPS) is 24.1. The quantitative estimate of drug-likeness (QED) is 0.893. The number of piperidine rings is 1. The number of likely N-dealkylation sites (N-methyl/N-ethyl adjacent to an activating group) is 1. The van der Waals surface area contributed by atoms with Gasteiger partial charge in [0.05, 0.1) is 11.2 Å². The highest BCUT2D eigenvalue weighted by atomic mass is 32.1. The highest BCUT2D eigenvalue weighted by Gasteiger charge is 2.32. The molecule has 1 aliphatic rings. The summed E-state index contributed by atoms with van der Waals surface area (Å²) in [6.45, 7) is 7.97. The smallest absolute Gasteiger partial charge is 0.0795 e. The summed E-state index contributed by atoms with van der Waals surface area (Å²) in [6, 6.07) is 0.597. The van der Waals surface area contributed by atoms with Crippen LogP contribution in [0.2, 0.25) is 0 Å². The van der Waals surface area contributed by atoms with Gasteiger partial charge in [-0.2, -0.15) is 0 Å². The van der Waals surface area contributed by atoms with Gasteiger partial charge < -0.3 is 5.32 Å². The van der Waals surface area contributed by atoms with E-state index in [9.17, 15) is 0 Å². The van der Waals surface area contributed by atoms with Crippen molar-refractivity contribution in [3.05, 3.63) is 16.6 Å². The van der Waals surface area contributed by atoms with Crippen molar-refractivity contribution in [2.24, 2.45) is 5.41 Å². The Hall–Kier alpha value is -0.450. The molecule has 0 aromatic carbocycles. The second-order valence-electron chi connectivity index (χ2n) is 5.78. The van der Waals surface area contributed by atoms with Crippen molar-refractivity contribution >= 4 is 11.3 Å². The molecule has 0 radical (unpaired) electrons. The molecule has 0 bridgehead atoms. The summed E-state index contributed by atoms with van der Waals surface area (Å²) < 4.78 is 0. The Kier molecular flexibility index (Phi) is 4.17. The third kappa shape index (κ3) is 3.50. The summed E-state index contributed by atoms with van der Waals surface area (Å²) in [5.41, 5.74) is 3.51. The summed E-state index contributed by atoms with van der Waals surface area (Å²) in [5, 5.41) is 5.80. The maximum Gasteiger partial charge on any atom is 0.0795 e. The molecule has 17 heavy (non-hydrogen) atoms. The Morgan fingerprint density at radius 2 is 2.41 bits per heavy atom. The molecule has 96 valence electrons. The van der Waals surface area contributed by atoms with Gasteiger partial charge in [-0.3, -0.25) is 4.90 Å². The van der Waals surface area contributed by atoms with Crippen LogP contribution in [-0.2, 0) is 6.54 Å². The number of nitrogens with one attached hydrogen (secondary N) is 1. The summed E-state index contributed by atoms with van der Waals surface area (Å²) in [6.07, 6.45) is 2.63. The van der Waals surface area contributed by atoms with E-state index in [0.717, 1.165) is 13.1 Å². The van der Waals surface area contributed by atoms with Crippen LogP contribution in [0.25, 0.3) is 0 Å². The first-order chi connectivity index (χ1) is 8.08. The van der Waals surface area contributed by atoms with E-state index in [1.807, 2.05) is 5.51 Å². The molecular weight excluding hydrogens is 230 g/mol. The van der Waals surface area contributed by atoms with Crippen LogP contribution in [0, 0.1) is 5.41 Å². The second-order valence-corrected chi connectivity index (χ2v) is 6.49. The zero-order chi connectivity index (χ0) is 12.3. The van der Waals surface area contributed by atoms with Crippen LogP contribution < -0.4 is 5.32 Å². The van der Waals surface area contributed by atoms with Crippen molar-refractivity contribution in [3.8, 4) is 0 Å². The second kappa shape index (κ2) is 5.46. The van der Waals surface area contributed by atoms with E-state index >= 15 is 0 Å². The van der Waals surface area contributed by atoms with Gasteiger partial charge in [0, 0.05) is 24.5 Å². The molecule has 0 spiro atoms. The summed E-state index contributed by atoms with van der Waals surface area (Å²) in [7, 11) is 2.19. The zero-order valence-electron chi connectivity index (χ0n) is 11.1. The lowest BCUT2D eigenvalue weighted by Crippen LogP contribution is -2.52. The Balaban J connectivity index is 1.87. The van der Waals surface area contributed by atoms with Crippen molar-refractivity contribution in [2.45, 2.75) is 39.3 Å². The lowest BCUT2D eigenvalue weighted by atomic mass is 9.77. The summed E-state index contributed by atoms with van der Waals surface area (Å²) >= 11 is 1.67. The van der Waals surface area contributed by atoms with Gasteiger partial charge in [-0.05, 0) is 31.8 Å². The predicted octanol–water partition coefficient (Wildman–Crippen LogP) is 2.35. The van der Waals surface area contributed by atoms with Crippen LogP contribution in [0.3, 0.4) is 0 Å². The number of hydrogen-bond acceptors (Lipinski definition) is 4. The Bertz CT molecular complexity index is 334. The van der Waals surface area contributed by atoms with Crippen LogP contribution in [0.5, 0.6) is 0 Å². The Morgan fingerprint density at radius 3 is 3.06 bits per heavy atom. The molecular formula is C13H23N3S. The molecule has 2 rings (SSSR count). The summed E-state index contributed by atoms with van der Waals surface area (Å²) in [5.74, 6) is 0. The monoisotopic (exact) mass is 253 g/mol. The Labute approximate surface area is 108 Å². The van der Waals surface area contributed by atoms with Gasteiger partial charge in [0.25, 0.3) is 0 Å². The minimum atomic E-state index is 0.411. The van der Waals surface area contributed by atoms with Crippen LogP contribution in [0.4, 0.5) is 0 Å². The number of nitrogens with zero attached hydrogens (tertiary/aromatic N) is 2. The molecule has 0 saturated carbocycles. The fourth-order valence-corrected chi connectivity index (χ4v) is 3.10. The van der Waals surface area contributed by atoms with E-state index in [-0.39, 0.29) is 0 Å². The average molecular weight is 253 g/mol. The maximum atomic E-state index is 4.34. The molecule has 0 aliphatic carbocycles. The SMILES string of the molecule is CN(Cc1cscn1)CC1NCCCC1(C)C. The molecule has 1 aromatic rings. The van der Waals surface area contributed by atoms with E-state index in [1.54, 1.807) is 11.3 Å². The molecule has 3 nitrogen and oxygen atoms in total. The first kappa shape index (κ1) is 13.0. The molecule has 1 aromatic heterocycles. The first-order valence-corrected chi connectivity index (χ1v) is 7.31. The van der Waals surface area contributed by atoms with Crippen LogP contribution in [0.1, 0.15) is 32.4 Å². The molecule has 1 unspecified atom stereocenters. The molecule has 1 saturated heterocycles. The molecule has 1 N–H and O–H groups in total. The molecule has 1 fully saturated rings. The van der Waals surface area contributed by atoms with Gasteiger partial charge >= 0.3 is 0 Å². The van der Waals surface area contributed by atoms with Gasteiger partial charge in [0.15, 0.2) is 0 Å². The lowest BCUT2D eigenvalue weighted by molar-refractivity contribution is 0.135. The number of aromatic nitrogens is 1. The molecule has 0 amide bonds. The predicted molar refractivity (Wildman–Crippen MR) is 73.3 cm³/mol. The van der Waals surface area contributed by atoms with Gasteiger partial charge in [-0.1, -0.05) is 13.8 Å². The minimum absolute atomic E-state index is 0.411. The van der Waals surface area contributed by atoms with Crippen molar-refractivity contribution in [1.82, 2.24) is 15.2 Å². The van der Waals surface area contributed by atoms with Crippen LogP contribution in [-0.4, -0.2) is 36.1 Å². The van der Waals surface area contributed by atoms with Crippen molar-refractivity contribution in [2.75, 3.05) is 20.1 Å². The largest absolute Gasteiger partial charge is 0.312 e. The van der Waals surface area contributed by atoms with E-state index in [4.69, 9.17) is 0 Å². The first-order valence-electron chi connectivity index (χ1n) is 6.37. The average Bonchev–Trinajstić information content (AvgIpc) is 2.73. The molecule has 2 heterocycles. The van der Waals surface area contributed by atoms with Crippen LogP contribution in [0.15, 0.2) is 10.9 Å².